The van der Waals surface area contributed by atoms with Gasteiger partial charge in [-0.05, 0) is 11.8 Å². The predicted molar refractivity (Wildman–Crippen MR) is 72.0 cm³/mol. The fourth-order valence-electron chi connectivity index (χ4n) is 1.55. The standard InChI is InChI=1S/C13H9BrClFN.Y/c1-8-11(14)5-6-13(17(8)2)10-4-3-9(15)7-12(10)16;/h3-5,7H,1H2,2H3;/q-1;. The molecule has 1 aliphatic heterocycles. The van der Waals surface area contributed by atoms with Crippen LogP contribution < -0.4 is 0 Å². The molecule has 0 N–H and O–H groups in total. The molecule has 5 heteroatoms. The zero-order chi connectivity index (χ0) is 12.6. The number of rotatable bonds is 1. The second-order valence-electron chi connectivity index (χ2n) is 3.62. The van der Waals surface area contributed by atoms with Crippen LogP contribution in [0.25, 0.3) is 5.70 Å². The first-order valence-corrected chi connectivity index (χ1v) is 6.05. The summed E-state index contributed by atoms with van der Waals surface area (Å²) >= 11 is 9.08. The van der Waals surface area contributed by atoms with Gasteiger partial charge in [0.15, 0.2) is 0 Å². The van der Waals surface area contributed by atoms with E-state index in [0.717, 1.165) is 10.2 Å². The van der Waals surface area contributed by atoms with Gasteiger partial charge < -0.3 is 4.90 Å². The molecule has 0 amide bonds. The third-order valence-electron chi connectivity index (χ3n) is 2.54. The summed E-state index contributed by atoms with van der Waals surface area (Å²) in [6.07, 6.45) is 4.74. The van der Waals surface area contributed by atoms with Gasteiger partial charge in [-0.2, -0.15) is 12.2 Å². The van der Waals surface area contributed by atoms with Crippen molar-refractivity contribution in [1.82, 2.24) is 4.90 Å². The Bertz CT molecular complexity index is 554. The van der Waals surface area contributed by atoms with E-state index >= 15 is 0 Å². The third kappa shape index (κ3) is 3.13. The molecular formula is C13H9BrClFNY-. The zero-order valence-corrected chi connectivity index (χ0v) is 14.9. The van der Waals surface area contributed by atoms with Crippen LogP contribution in [0.15, 0.2) is 41.0 Å². The number of hydrogen-bond donors (Lipinski definition) is 0. The molecule has 0 bridgehead atoms. The second kappa shape index (κ2) is 6.47. The Labute approximate surface area is 144 Å². The van der Waals surface area contributed by atoms with Crippen LogP contribution in [0, 0.1) is 11.9 Å². The van der Waals surface area contributed by atoms with Crippen LogP contribution >= 0.6 is 27.5 Å². The quantitative estimate of drug-likeness (QED) is 0.631. The Morgan fingerprint density at radius 2 is 2.11 bits per heavy atom. The van der Waals surface area contributed by atoms with Gasteiger partial charge in [-0.25, -0.2) is 4.39 Å². The van der Waals surface area contributed by atoms with E-state index in [2.05, 4.69) is 28.6 Å². The number of hydrogen-bond acceptors (Lipinski definition) is 1. The van der Waals surface area contributed by atoms with Crippen molar-refractivity contribution in [3.63, 3.8) is 0 Å². The Kier molecular flexibility index (Phi) is 5.79. The first-order valence-electron chi connectivity index (χ1n) is 4.88. The molecule has 1 nitrogen and oxygen atoms in total. The summed E-state index contributed by atoms with van der Waals surface area (Å²) in [5, 5.41) is 0.376. The topological polar surface area (TPSA) is 3.24 Å². The molecule has 1 aromatic rings. The van der Waals surface area contributed by atoms with E-state index in [-0.39, 0.29) is 38.5 Å². The molecule has 0 atom stereocenters. The fourth-order valence-corrected chi connectivity index (χ4v) is 2.09. The molecule has 1 aliphatic rings. The van der Waals surface area contributed by atoms with Crippen molar-refractivity contribution in [2.75, 3.05) is 7.05 Å². The number of nitrogens with zero attached hydrogens (tertiary/aromatic N) is 1. The molecule has 0 fully saturated rings. The molecule has 18 heavy (non-hydrogen) atoms. The van der Waals surface area contributed by atoms with Crippen molar-refractivity contribution < 1.29 is 37.1 Å². The first-order chi connectivity index (χ1) is 8.00. The van der Waals surface area contributed by atoms with Crippen LogP contribution in [0.1, 0.15) is 5.56 Å². The normalized spacial score (nSPS) is 14.9. The molecule has 0 aliphatic carbocycles. The molecule has 0 aromatic heterocycles. The van der Waals surface area contributed by atoms with E-state index in [4.69, 9.17) is 11.6 Å². The largest absolute Gasteiger partial charge is 0.377 e. The van der Waals surface area contributed by atoms with Gasteiger partial charge >= 0.3 is 0 Å². The number of benzene rings is 1. The molecule has 0 saturated heterocycles. The second-order valence-corrected chi connectivity index (χ2v) is 4.91. The van der Waals surface area contributed by atoms with Crippen molar-refractivity contribution in [2.45, 2.75) is 0 Å². The number of likely N-dealkylation sites (N-methyl/N-ethyl adjacent to an activating group) is 1. The SMILES string of the molecule is C=C1C(Br)=C[C-]=C(c2ccc(Cl)cc2F)N1C.[Y]. The van der Waals surface area contributed by atoms with Crippen molar-refractivity contribution in [1.29, 1.82) is 0 Å². The maximum absolute atomic E-state index is 13.8. The first kappa shape index (κ1) is 16.1. The summed E-state index contributed by atoms with van der Waals surface area (Å²) in [7, 11) is 1.81. The monoisotopic (exact) mass is 401 g/mol. The van der Waals surface area contributed by atoms with Crippen LogP contribution in [-0.4, -0.2) is 11.9 Å². The molecule has 0 unspecified atom stereocenters. The van der Waals surface area contributed by atoms with Crippen LogP contribution in [0.2, 0.25) is 5.02 Å². The average Bonchev–Trinajstić information content (AvgIpc) is 2.28. The predicted octanol–water partition coefficient (Wildman–Crippen LogP) is 4.36. The molecular weight excluding hydrogens is 393 g/mol. The third-order valence-corrected chi connectivity index (χ3v) is 3.46. The van der Waals surface area contributed by atoms with Crippen LogP contribution in [0.5, 0.6) is 0 Å². The summed E-state index contributed by atoms with van der Waals surface area (Å²) in [6, 6.07) is 4.57. The van der Waals surface area contributed by atoms with Gasteiger partial charge in [0.25, 0.3) is 0 Å². The van der Waals surface area contributed by atoms with Crippen LogP contribution in [0.3, 0.4) is 0 Å². The molecule has 1 heterocycles. The molecule has 0 spiro atoms. The Morgan fingerprint density at radius 3 is 2.72 bits per heavy atom. The summed E-state index contributed by atoms with van der Waals surface area (Å²) in [6.45, 7) is 3.90. The smallest absolute Gasteiger partial charge is 0.0796 e. The fraction of sp³-hybridized carbons (Fsp3) is 0.0769. The number of halogens is 3. The zero-order valence-electron chi connectivity index (χ0n) is 9.67. The summed E-state index contributed by atoms with van der Waals surface area (Å²) in [5.41, 5.74) is 1.84. The maximum Gasteiger partial charge on any atom is 0.0796 e. The summed E-state index contributed by atoms with van der Waals surface area (Å²) in [4.78, 5) is 1.77. The molecule has 91 valence electrons. The average molecular weight is 402 g/mol. The Morgan fingerprint density at radius 1 is 1.44 bits per heavy atom. The van der Waals surface area contributed by atoms with Crippen LogP contribution in [0.4, 0.5) is 4.39 Å². The Balaban J connectivity index is 0.00000162. The molecule has 0 saturated carbocycles. The van der Waals surface area contributed by atoms with Crippen molar-refractivity contribution in [3.05, 3.63) is 63.5 Å². The van der Waals surface area contributed by atoms with Gasteiger partial charge in [0, 0.05) is 44.8 Å². The van der Waals surface area contributed by atoms with Gasteiger partial charge in [0.2, 0.25) is 0 Å². The van der Waals surface area contributed by atoms with E-state index in [1.807, 2.05) is 7.05 Å². The van der Waals surface area contributed by atoms with Gasteiger partial charge in [0.1, 0.15) is 0 Å². The van der Waals surface area contributed by atoms with Gasteiger partial charge in [-0.3, -0.25) is 0 Å². The minimum absolute atomic E-state index is 0. The molecule has 1 radical (unpaired) electrons. The van der Waals surface area contributed by atoms with E-state index in [1.165, 1.54) is 6.07 Å². The van der Waals surface area contributed by atoms with Crippen molar-refractivity contribution in [2.24, 2.45) is 0 Å². The van der Waals surface area contributed by atoms with Crippen molar-refractivity contribution >= 4 is 33.2 Å². The molecule has 2 rings (SSSR count). The Hall–Kier alpha value is 0.0439. The molecule has 1 aromatic carbocycles. The van der Waals surface area contributed by atoms with E-state index in [1.54, 1.807) is 23.1 Å². The van der Waals surface area contributed by atoms with E-state index < -0.39 is 0 Å². The minimum atomic E-state index is -0.369. The minimum Gasteiger partial charge on any atom is -0.377 e. The van der Waals surface area contributed by atoms with Crippen LogP contribution in [-0.2, 0) is 32.7 Å². The van der Waals surface area contributed by atoms with Gasteiger partial charge in [0.05, 0.1) is 5.82 Å². The van der Waals surface area contributed by atoms with Gasteiger partial charge in [-0.1, -0.05) is 40.0 Å². The maximum atomic E-state index is 13.8. The van der Waals surface area contributed by atoms with E-state index in [9.17, 15) is 4.39 Å². The summed E-state index contributed by atoms with van der Waals surface area (Å²) in [5.74, 6) is -0.369. The summed E-state index contributed by atoms with van der Waals surface area (Å²) < 4.78 is 14.6. The van der Waals surface area contributed by atoms with Crippen molar-refractivity contribution in [3.8, 4) is 0 Å². The van der Waals surface area contributed by atoms with Gasteiger partial charge in [-0.15, -0.1) is 22.0 Å². The number of allylic oxidation sites excluding steroid dienone is 3. The van der Waals surface area contributed by atoms with E-state index in [0.29, 0.717) is 16.3 Å².